The first-order valence-corrected chi connectivity index (χ1v) is 6.46. The summed E-state index contributed by atoms with van der Waals surface area (Å²) in [5, 5.41) is 0. The average molecular weight is 261 g/mol. The van der Waals surface area contributed by atoms with E-state index in [1.165, 1.54) is 12.1 Å². The van der Waals surface area contributed by atoms with Crippen LogP contribution in [0, 0.1) is 5.82 Å². The Balaban J connectivity index is 1.94. The third-order valence-corrected chi connectivity index (χ3v) is 3.36. The van der Waals surface area contributed by atoms with E-state index in [1.807, 2.05) is 24.7 Å². The van der Waals surface area contributed by atoms with Gasteiger partial charge in [0.25, 0.3) is 0 Å². The number of halogens is 1. The Bertz CT molecular complexity index is 529. The highest BCUT2D eigenvalue weighted by Gasteiger charge is 2.19. The van der Waals surface area contributed by atoms with Gasteiger partial charge in [0.2, 0.25) is 0 Å². The number of rotatable bonds is 5. The Morgan fingerprint density at radius 1 is 1.32 bits per heavy atom. The molecule has 0 spiro atoms. The molecular formula is C15H20FN3. The first-order valence-electron chi connectivity index (χ1n) is 6.46. The lowest BCUT2D eigenvalue weighted by molar-refractivity contribution is 0.423. The van der Waals surface area contributed by atoms with Crippen molar-refractivity contribution >= 4 is 0 Å². The number of nitrogens with zero attached hydrogens (tertiary/aromatic N) is 2. The van der Waals surface area contributed by atoms with E-state index in [0.717, 1.165) is 30.7 Å². The molecule has 0 aliphatic heterocycles. The molecule has 1 aromatic heterocycles. The number of nitrogens with two attached hydrogens (primary N) is 1. The minimum Gasteiger partial charge on any atom is -0.338 e. The van der Waals surface area contributed by atoms with Crippen LogP contribution in [0.15, 0.2) is 36.7 Å². The highest BCUT2D eigenvalue weighted by atomic mass is 19.1. The Morgan fingerprint density at radius 3 is 2.58 bits per heavy atom. The van der Waals surface area contributed by atoms with Gasteiger partial charge < -0.3 is 10.3 Å². The van der Waals surface area contributed by atoms with Crippen molar-refractivity contribution in [2.75, 3.05) is 0 Å². The van der Waals surface area contributed by atoms with Crippen molar-refractivity contribution in [3.05, 3.63) is 53.9 Å². The number of aromatic nitrogens is 2. The minimum absolute atomic E-state index is 0.213. The number of imidazole rings is 1. The first-order chi connectivity index (χ1) is 8.96. The normalized spacial score (nSPS) is 14.3. The fourth-order valence-electron chi connectivity index (χ4n) is 2.19. The maximum atomic E-state index is 12.9. The molecule has 102 valence electrons. The molecule has 2 rings (SSSR count). The highest BCUT2D eigenvalue weighted by Crippen LogP contribution is 2.17. The molecule has 2 aromatic rings. The molecule has 0 saturated heterocycles. The summed E-state index contributed by atoms with van der Waals surface area (Å²) in [6.45, 7) is 2.03. The maximum absolute atomic E-state index is 12.9. The van der Waals surface area contributed by atoms with E-state index in [2.05, 4.69) is 4.98 Å². The van der Waals surface area contributed by atoms with Crippen molar-refractivity contribution in [3.63, 3.8) is 0 Å². The molecule has 1 heterocycles. The van der Waals surface area contributed by atoms with E-state index >= 15 is 0 Å². The standard InChI is InChI=1S/C15H20FN3/c1-15(17,8-7-14-18-9-10-19(14)2)11-12-3-5-13(16)6-4-12/h3-6,9-10H,7-8,11,17H2,1-2H3. The van der Waals surface area contributed by atoms with Crippen LogP contribution in [0.4, 0.5) is 4.39 Å². The number of hydrogen-bond donors (Lipinski definition) is 1. The summed E-state index contributed by atoms with van der Waals surface area (Å²) in [6.07, 6.45) is 6.15. The lowest BCUT2D eigenvalue weighted by Gasteiger charge is -2.24. The van der Waals surface area contributed by atoms with E-state index in [0.29, 0.717) is 0 Å². The summed E-state index contributed by atoms with van der Waals surface area (Å²) in [4.78, 5) is 4.30. The van der Waals surface area contributed by atoms with Crippen LogP contribution in [0.25, 0.3) is 0 Å². The van der Waals surface area contributed by atoms with Crippen LogP contribution in [0.3, 0.4) is 0 Å². The van der Waals surface area contributed by atoms with E-state index in [9.17, 15) is 4.39 Å². The second-order valence-corrected chi connectivity index (χ2v) is 5.41. The van der Waals surface area contributed by atoms with Crippen molar-refractivity contribution < 1.29 is 4.39 Å². The number of benzene rings is 1. The molecule has 3 nitrogen and oxygen atoms in total. The topological polar surface area (TPSA) is 43.8 Å². The van der Waals surface area contributed by atoms with Gasteiger partial charge >= 0.3 is 0 Å². The molecule has 1 aromatic carbocycles. The largest absolute Gasteiger partial charge is 0.338 e. The quantitative estimate of drug-likeness (QED) is 0.898. The molecule has 19 heavy (non-hydrogen) atoms. The van der Waals surface area contributed by atoms with Gasteiger partial charge in [-0.15, -0.1) is 0 Å². The molecule has 0 amide bonds. The van der Waals surface area contributed by atoms with Gasteiger partial charge in [-0.3, -0.25) is 0 Å². The second-order valence-electron chi connectivity index (χ2n) is 5.41. The fraction of sp³-hybridized carbons (Fsp3) is 0.400. The third-order valence-electron chi connectivity index (χ3n) is 3.36. The van der Waals surface area contributed by atoms with Gasteiger partial charge in [-0.05, 0) is 37.5 Å². The molecule has 0 fully saturated rings. The van der Waals surface area contributed by atoms with E-state index < -0.39 is 0 Å². The summed E-state index contributed by atoms with van der Waals surface area (Å²) in [7, 11) is 1.98. The van der Waals surface area contributed by atoms with Crippen molar-refractivity contribution in [1.82, 2.24) is 9.55 Å². The van der Waals surface area contributed by atoms with Crippen LogP contribution >= 0.6 is 0 Å². The number of hydrogen-bond acceptors (Lipinski definition) is 2. The summed E-state index contributed by atoms with van der Waals surface area (Å²) in [5.74, 6) is 0.825. The predicted octanol–water partition coefficient (Wildman–Crippen LogP) is 2.45. The van der Waals surface area contributed by atoms with Gasteiger partial charge in [-0.2, -0.15) is 0 Å². The smallest absolute Gasteiger partial charge is 0.123 e. The van der Waals surface area contributed by atoms with Crippen LogP contribution in [0.5, 0.6) is 0 Å². The Hall–Kier alpha value is -1.68. The zero-order chi connectivity index (χ0) is 13.9. The Labute approximate surface area is 113 Å². The van der Waals surface area contributed by atoms with Crippen molar-refractivity contribution in [1.29, 1.82) is 0 Å². The molecule has 0 radical (unpaired) electrons. The highest BCUT2D eigenvalue weighted by molar-refractivity contribution is 5.18. The van der Waals surface area contributed by atoms with Gasteiger partial charge in [0.05, 0.1) is 0 Å². The summed E-state index contributed by atoms with van der Waals surface area (Å²) in [6, 6.07) is 6.54. The SMILES string of the molecule is Cn1ccnc1CCC(C)(N)Cc1ccc(F)cc1. The van der Waals surface area contributed by atoms with Gasteiger partial charge in [-0.25, -0.2) is 9.37 Å². The molecule has 4 heteroatoms. The minimum atomic E-state index is -0.316. The fourth-order valence-corrected chi connectivity index (χ4v) is 2.19. The summed E-state index contributed by atoms with van der Waals surface area (Å²) >= 11 is 0. The monoisotopic (exact) mass is 261 g/mol. The molecule has 0 aliphatic rings. The predicted molar refractivity (Wildman–Crippen MR) is 74.2 cm³/mol. The lowest BCUT2D eigenvalue weighted by Crippen LogP contribution is -2.39. The van der Waals surface area contributed by atoms with Gasteiger partial charge in [0.1, 0.15) is 11.6 Å². The molecule has 0 saturated carbocycles. The van der Waals surface area contributed by atoms with Gasteiger partial charge in [0.15, 0.2) is 0 Å². The number of aryl methyl sites for hydroxylation is 2. The van der Waals surface area contributed by atoms with E-state index in [1.54, 1.807) is 18.3 Å². The molecule has 0 aliphatic carbocycles. The van der Waals surface area contributed by atoms with Crippen LogP contribution in [-0.2, 0) is 19.9 Å². The second kappa shape index (κ2) is 5.53. The van der Waals surface area contributed by atoms with Crippen molar-refractivity contribution in [2.24, 2.45) is 12.8 Å². The van der Waals surface area contributed by atoms with Crippen LogP contribution in [0.2, 0.25) is 0 Å². The van der Waals surface area contributed by atoms with Crippen LogP contribution in [0.1, 0.15) is 24.7 Å². The maximum Gasteiger partial charge on any atom is 0.123 e. The molecular weight excluding hydrogens is 241 g/mol. The van der Waals surface area contributed by atoms with Crippen LogP contribution < -0.4 is 5.73 Å². The molecule has 2 N–H and O–H groups in total. The van der Waals surface area contributed by atoms with Gasteiger partial charge in [0, 0.05) is 31.4 Å². The van der Waals surface area contributed by atoms with Gasteiger partial charge in [-0.1, -0.05) is 12.1 Å². The van der Waals surface area contributed by atoms with Crippen LogP contribution in [-0.4, -0.2) is 15.1 Å². The average Bonchev–Trinajstić information content (AvgIpc) is 2.75. The summed E-state index contributed by atoms with van der Waals surface area (Å²) in [5.41, 5.74) is 7.07. The van der Waals surface area contributed by atoms with Crippen molar-refractivity contribution in [3.8, 4) is 0 Å². The lowest BCUT2D eigenvalue weighted by atomic mass is 9.89. The third kappa shape index (κ3) is 3.89. The van der Waals surface area contributed by atoms with E-state index in [4.69, 9.17) is 5.73 Å². The summed E-state index contributed by atoms with van der Waals surface area (Å²) < 4.78 is 14.9. The zero-order valence-electron chi connectivity index (χ0n) is 11.4. The Kier molecular flexibility index (Phi) is 4.00. The first kappa shape index (κ1) is 13.7. The van der Waals surface area contributed by atoms with E-state index in [-0.39, 0.29) is 11.4 Å². The molecule has 0 bridgehead atoms. The molecule has 1 atom stereocenters. The molecule has 1 unspecified atom stereocenters. The van der Waals surface area contributed by atoms with Crippen molar-refractivity contribution in [2.45, 2.75) is 31.7 Å². The zero-order valence-corrected chi connectivity index (χ0v) is 11.4. The Morgan fingerprint density at radius 2 is 2.00 bits per heavy atom.